The maximum atomic E-state index is 13.7. The minimum atomic E-state index is -3.75. The monoisotopic (exact) mass is 320 g/mol. The van der Waals surface area contributed by atoms with E-state index in [0.717, 1.165) is 25.3 Å². The van der Waals surface area contributed by atoms with Gasteiger partial charge in [0.25, 0.3) is 0 Å². The highest BCUT2D eigenvalue weighted by Gasteiger charge is 2.29. The number of hydrogen-bond donors (Lipinski definition) is 2. The van der Waals surface area contributed by atoms with Gasteiger partial charge in [-0.2, -0.15) is 0 Å². The average molecular weight is 321 g/mol. The van der Waals surface area contributed by atoms with Crippen molar-refractivity contribution in [1.82, 2.24) is 4.72 Å². The van der Waals surface area contributed by atoms with Crippen LogP contribution in [0.4, 0.5) is 4.39 Å². The molecule has 20 heavy (non-hydrogen) atoms. The lowest BCUT2D eigenvalue weighted by Gasteiger charge is -2.18. The van der Waals surface area contributed by atoms with E-state index in [-0.39, 0.29) is 34.0 Å². The van der Waals surface area contributed by atoms with Crippen LogP contribution in [0.1, 0.15) is 31.7 Å². The van der Waals surface area contributed by atoms with E-state index in [0.29, 0.717) is 0 Å². The second kappa shape index (κ2) is 5.97. The Kier molecular flexibility index (Phi) is 4.69. The summed E-state index contributed by atoms with van der Waals surface area (Å²) in [6.07, 6.45) is 2.80. The van der Waals surface area contributed by atoms with Gasteiger partial charge in [0.15, 0.2) is 0 Å². The van der Waals surface area contributed by atoms with Crippen LogP contribution >= 0.6 is 11.6 Å². The molecule has 1 aliphatic rings. The van der Waals surface area contributed by atoms with Crippen LogP contribution in [-0.2, 0) is 16.6 Å². The summed E-state index contributed by atoms with van der Waals surface area (Å²) in [5.41, 5.74) is 5.73. The zero-order chi connectivity index (χ0) is 14.9. The van der Waals surface area contributed by atoms with Crippen LogP contribution < -0.4 is 10.5 Å². The van der Waals surface area contributed by atoms with Crippen molar-refractivity contribution in [3.63, 3.8) is 0 Å². The summed E-state index contributed by atoms with van der Waals surface area (Å²) in [5.74, 6) is -0.481. The van der Waals surface area contributed by atoms with Gasteiger partial charge in [-0.15, -0.1) is 0 Å². The molecule has 0 amide bonds. The Hall–Kier alpha value is -0.690. The molecule has 0 aromatic heterocycles. The number of nitrogens with two attached hydrogens (primary N) is 1. The Bertz CT molecular complexity index is 607. The molecule has 0 aliphatic heterocycles. The maximum Gasteiger partial charge on any atom is 0.240 e. The van der Waals surface area contributed by atoms with E-state index in [4.69, 9.17) is 17.3 Å². The standard InChI is InChI=1S/C13H18ClFN2O2S/c1-8-3-2-4-12(8)17-20(18,19)10-5-9(7-16)13(14)11(15)6-10/h5-6,8,12,17H,2-4,7,16H2,1H3. The van der Waals surface area contributed by atoms with Crippen LogP contribution in [0, 0.1) is 11.7 Å². The van der Waals surface area contributed by atoms with Gasteiger partial charge in [-0.1, -0.05) is 24.9 Å². The van der Waals surface area contributed by atoms with E-state index in [9.17, 15) is 12.8 Å². The second-order valence-electron chi connectivity index (χ2n) is 5.22. The first-order valence-electron chi connectivity index (χ1n) is 6.55. The normalized spacial score (nSPS) is 23.2. The van der Waals surface area contributed by atoms with Gasteiger partial charge in [-0.05, 0) is 36.5 Å². The fourth-order valence-electron chi connectivity index (χ4n) is 2.51. The SMILES string of the molecule is CC1CCCC1NS(=O)(=O)c1cc(F)c(Cl)c(CN)c1. The highest BCUT2D eigenvalue weighted by molar-refractivity contribution is 7.89. The van der Waals surface area contributed by atoms with Gasteiger partial charge in [0, 0.05) is 12.6 Å². The molecule has 2 rings (SSSR count). The Morgan fingerprint density at radius 2 is 2.15 bits per heavy atom. The molecule has 1 aromatic carbocycles. The molecule has 0 radical (unpaired) electrons. The molecule has 2 atom stereocenters. The van der Waals surface area contributed by atoms with Crippen molar-refractivity contribution >= 4 is 21.6 Å². The molecule has 0 saturated heterocycles. The van der Waals surface area contributed by atoms with Crippen molar-refractivity contribution in [3.05, 3.63) is 28.5 Å². The highest BCUT2D eigenvalue weighted by atomic mass is 35.5. The van der Waals surface area contributed by atoms with E-state index < -0.39 is 15.8 Å². The van der Waals surface area contributed by atoms with Crippen LogP contribution in [0.3, 0.4) is 0 Å². The summed E-state index contributed by atoms with van der Waals surface area (Å²) in [5, 5.41) is -0.124. The Balaban J connectivity index is 2.32. The van der Waals surface area contributed by atoms with Crippen molar-refractivity contribution in [1.29, 1.82) is 0 Å². The first-order valence-corrected chi connectivity index (χ1v) is 8.41. The van der Waals surface area contributed by atoms with Crippen molar-refractivity contribution in [3.8, 4) is 0 Å². The van der Waals surface area contributed by atoms with Crippen LogP contribution in [0.15, 0.2) is 17.0 Å². The van der Waals surface area contributed by atoms with Gasteiger partial charge in [0.05, 0.1) is 9.92 Å². The van der Waals surface area contributed by atoms with Gasteiger partial charge in [-0.3, -0.25) is 0 Å². The summed E-state index contributed by atoms with van der Waals surface area (Å²) < 4.78 is 40.9. The van der Waals surface area contributed by atoms with Crippen LogP contribution in [-0.4, -0.2) is 14.5 Å². The molecule has 1 aromatic rings. The van der Waals surface area contributed by atoms with Crippen molar-refractivity contribution < 1.29 is 12.8 Å². The van der Waals surface area contributed by atoms with E-state index in [1.165, 1.54) is 6.07 Å². The summed E-state index contributed by atoms with van der Waals surface area (Å²) in [4.78, 5) is -0.126. The number of halogens is 2. The summed E-state index contributed by atoms with van der Waals surface area (Å²) in [7, 11) is -3.75. The van der Waals surface area contributed by atoms with Crippen LogP contribution in [0.2, 0.25) is 5.02 Å². The summed E-state index contributed by atoms with van der Waals surface area (Å²) in [6, 6.07) is 2.16. The second-order valence-corrected chi connectivity index (χ2v) is 7.31. The van der Waals surface area contributed by atoms with Crippen molar-refractivity contribution in [2.75, 3.05) is 0 Å². The predicted molar refractivity (Wildman–Crippen MR) is 76.4 cm³/mol. The van der Waals surface area contributed by atoms with E-state index in [1.54, 1.807) is 0 Å². The number of hydrogen-bond acceptors (Lipinski definition) is 3. The molecular weight excluding hydrogens is 303 g/mol. The molecule has 3 N–H and O–H groups in total. The molecule has 4 nitrogen and oxygen atoms in total. The topological polar surface area (TPSA) is 72.2 Å². The number of rotatable bonds is 4. The Morgan fingerprint density at radius 3 is 2.70 bits per heavy atom. The van der Waals surface area contributed by atoms with Gasteiger partial charge < -0.3 is 5.73 Å². The van der Waals surface area contributed by atoms with E-state index >= 15 is 0 Å². The van der Waals surface area contributed by atoms with E-state index in [2.05, 4.69) is 4.72 Å². The van der Waals surface area contributed by atoms with Gasteiger partial charge >= 0.3 is 0 Å². The molecule has 0 bridgehead atoms. The molecule has 1 aliphatic carbocycles. The number of sulfonamides is 1. The largest absolute Gasteiger partial charge is 0.326 e. The lowest BCUT2D eigenvalue weighted by Crippen LogP contribution is -2.36. The van der Waals surface area contributed by atoms with Gasteiger partial charge in [0.2, 0.25) is 10.0 Å². The molecule has 0 heterocycles. The average Bonchev–Trinajstić information content (AvgIpc) is 2.77. The summed E-state index contributed by atoms with van der Waals surface area (Å²) >= 11 is 5.74. The lowest BCUT2D eigenvalue weighted by atomic mass is 10.1. The van der Waals surface area contributed by atoms with Gasteiger partial charge in [-0.25, -0.2) is 17.5 Å². The van der Waals surface area contributed by atoms with Crippen LogP contribution in [0.25, 0.3) is 0 Å². The molecular formula is C13H18ClFN2O2S. The van der Waals surface area contributed by atoms with Crippen LogP contribution in [0.5, 0.6) is 0 Å². The first-order chi connectivity index (χ1) is 9.35. The number of benzene rings is 1. The minimum absolute atomic E-state index is 0.0149. The predicted octanol–water partition coefficient (Wildman–Crippen LogP) is 2.40. The lowest BCUT2D eigenvalue weighted by molar-refractivity contribution is 0.476. The smallest absolute Gasteiger partial charge is 0.240 e. The third-order valence-corrected chi connectivity index (χ3v) is 5.67. The van der Waals surface area contributed by atoms with Crippen molar-refractivity contribution in [2.24, 2.45) is 11.7 Å². The minimum Gasteiger partial charge on any atom is -0.326 e. The fourth-order valence-corrected chi connectivity index (χ4v) is 4.14. The van der Waals surface area contributed by atoms with Gasteiger partial charge in [0.1, 0.15) is 5.82 Å². The third-order valence-electron chi connectivity index (χ3n) is 3.78. The summed E-state index contributed by atoms with van der Waals surface area (Å²) in [6.45, 7) is 1.99. The molecule has 1 saturated carbocycles. The molecule has 112 valence electrons. The first kappa shape index (κ1) is 15.7. The quantitative estimate of drug-likeness (QED) is 0.894. The Morgan fingerprint density at radius 1 is 1.45 bits per heavy atom. The maximum absolute atomic E-state index is 13.7. The zero-order valence-corrected chi connectivity index (χ0v) is 12.8. The fraction of sp³-hybridized carbons (Fsp3) is 0.538. The zero-order valence-electron chi connectivity index (χ0n) is 11.2. The molecule has 0 spiro atoms. The molecule has 7 heteroatoms. The van der Waals surface area contributed by atoms with Crippen molar-refractivity contribution in [2.45, 2.75) is 43.7 Å². The number of nitrogens with one attached hydrogen (secondary N) is 1. The Labute approximate surface area is 123 Å². The molecule has 2 unspecified atom stereocenters. The highest BCUT2D eigenvalue weighted by Crippen LogP contribution is 2.28. The third kappa shape index (κ3) is 3.14. The molecule has 1 fully saturated rings. The van der Waals surface area contributed by atoms with E-state index in [1.807, 2.05) is 6.92 Å².